The Morgan fingerprint density at radius 3 is 2.62 bits per heavy atom. The molecule has 0 atom stereocenters. The van der Waals surface area contributed by atoms with Crippen LogP contribution in [0.25, 0.3) is 0 Å². The molecule has 3 rings (SSSR count). The van der Waals surface area contributed by atoms with E-state index in [1.54, 1.807) is 12.1 Å². The van der Waals surface area contributed by atoms with Crippen molar-refractivity contribution in [1.82, 2.24) is 10.2 Å². The highest BCUT2D eigenvalue weighted by molar-refractivity contribution is 5.78. The molecule has 29 heavy (non-hydrogen) atoms. The molecule has 2 aromatic carbocycles. The van der Waals surface area contributed by atoms with E-state index in [2.05, 4.69) is 27.1 Å². The molecule has 1 amide bonds. The van der Waals surface area contributed by atoms with E-state index in [4.69, 9.17) is 4.74 Å². The van der Waals surface area contributed by atoms with Crippen molar-refractivity contribution in [3.05, 3.63) is 59.2 Å². The lowest BCUT2D eigenvalue weighted by Gasteiger charge is -2.28. The highest BCUT2D eigenvalue weighted by Crippen LogP contribution is 2.23. The van der Waals surface area contributed by atoms with Crippen LogP contribution < -0.4 is 14.8 Å². The first-order valence-corrected chi connectivity index (χ1v) is 9.81. The monoisotopic (exact) mass is 404 g/mol. The fourth-order valence-electron chi connectivity index (χ4n) is 3.43. The van der Waals surface area contributed by atoms with Gasteiger partial charge in [-0.25, -0.2) is 0 Å². The van der Waals surface area contributed by atoms with E-state index in [1.165, 1.54) is 23.3 Å². The van der Waals surface area contributed by atoms with Crippen LogP contribution in [0, 0.1) is 0 Å². The SMILES string of the molecule is CCOc1ccc2c(c1)CN(CC(=O)NCCc1ccc(OC(F)F)cc1)CC2. The largest absolute Gasteiger partial charge is 0.494 e. The number of ether oxygens (including phenoxy) is 2. The van der Waals surface area contributed by atoms with Gasteiger partial charge >= 0.3 is 6.61 Å². The summed E-state index contributed by atoms with van der Waals surface area (Å²) in [7, 11) is 0. The van der Waals surface area contributed by atoms with Crippen LogP contribution in [0.1, 0.15) is 23.6 Å². The van der Waals surface area contributed by atoms with Gasteiger partial charge in [0.15, 0.2) is 0 Å². The molecule has 1 aliphatic rings. The van der Waals surface area contributed by atoms with Crippen LogP contribution in [0.15, 0.2) is 42.5 Å². The summed E-state index contributed by atoms with van der Waals surface area (Å²) in [6.07, 6.45) is 1.54. The third kappa shape index (κ3) is 6.42. The summed E-state index contributed by atoms with van der Waals surface area (Å²) in [4.78, 5) is 14.4. The smallest absolute Gasteiger partial charge is 0.387 e. The van der Waals surface area contributed by atoms with E-state index >= 15 is 0 Å². The third-order valence-corrected chi connectivity index (χ3v) is 4.83. The minimum atomic E-state index is -2.83. The van der Waals surface area contributed by atoms with Gasteiger partial charge in [-0.05, 0) is 60.7 Å². The van der Waals surface area contributed by atoms with Crippen LogP contribution in [-0.2, 0) is 24.2 Å². The number of halogens is 2. The zero-order valence-electron chi connectivity index (χ0n) is 16.5. The number of amides is 1. The molecule has 2 aromatic rings. The maximum atomic E-state index is 12.3. The van der Waals surface area contributed by atoms with E-state index in [1.807, 2.05) is 13.0 Å². The molecule has 5 nitrogen and oxygen atoms in total. The van der Waals surface area contributed by atoms with E-state index in [0.29, 0.717) is 26.1 Å². The molecule has 7 heteroatoms. The fourth-order valence-corrected chi connectivity index (χ4v) is 3.43. The van der Waals surface area contributed by atoms with E-state index in [0.717, 1.165) is 30.8 Å². The lowest BCUT2D eigenvalue weighted by Crippen LogP contribution is -2.40. The van der Waals surface area contributed by atoms with Gasteiger partial charge in [-0.15, -0.1) is 0 Å². The zero-order chi connectivity index (χ0) is 20.6. The number of carbonyl (C=O) groups is 1. The minimum absolute atomic E-state index is 0.0212. The lowest BCUT2D eigenvalue weighted by molar-refractivity contribution is -0.122. The van der Waals surface area contributed by atoms with Crippen molar-refractivity contribution in [2.45, 2.75) is 32.9 Å². The summed E-state index contributed by atoms with van der Waals surface area (Å²) in [5.74, 6) is 0.972. The van der Waals surface area contributed by atoms with Crippen molar-refractivity contribution in [2.75, 3.05) is 26.2 Å². The van der Waals surface area contributed by atoms with Gasteiger partial charge in [0.05, 0.1) is 13.2 Å². The van der Waals surface area contributed by atoms with Crippen LogP contribution in [0.5, 0.6) is 11.5 Å². The Balaban J connectivity index is 1.42. The Kier molecular flexibility index (Phi) is 7.41. The average Bonchev–Trinajstić information content (AvgIpc) is 2.69. The molecular formula is C22H26F2N2O3. The number of rotatable bonds is 9. The molecule has 0 fully saturated rings. The van der Waals surface area contributed by atoms with Gasteiger partial charge in [0, 0.05) is 19.6 Å². The summed E-state index contributed by atoms with van der Waals surface area (Å²) < 4.78 is 34.2. The molecule has 0 aliphatic carbocycles. The van der Waals surface area contributed by atoms with Gasteiger partial charge < -0.3 is 14.8 Å². The second-order valence-corrected chi connectivity index (χ2v) is 6.95. The van der Waals surface area contributed by atoms with E-state index < -0.39 is 6.61 Å². The predicted molar refractivity (Wildman–Crippen MR) is 106 cm³/mol. The van der Waals surface area contributed by atoms with Crippen molar-refractivity contribution in [3.63, 3.8) is 0 Å². The first kappa shape index (κ1) is 21.0. The molecule has 156 valence electrons. The summed E-state index contributed by atoms with van der Waals surface area (Å²) in [6, 6.07) is 12.6. The molecule has 0 radical (unpaired) electrons. The van der Waals surface area contributed by atoms with Crippen molar-refractivity contribution in [3.8, 4) is 11.5 Å². The van der Waals surface area contributed by atoms with E-state index in [-0.39, 0.29) is 11.7 Å². The number of nitrogens with one attached hydrogen (secondary N) is 1. The standard InChI is InChI=1S/C22H26F2N2O3/c1-2-28-20-8-5-17-10-12-26(14-18(17)13-20)15-21(27)25-11-9-16-3-6-19(7-4-16)29-22(23)24/h3-8,13,22H,2,9-12,14-15H2,1H3,(H,25,27). The zero-order valence-corrected chi connectivity index (χ0v) is 16.5. The third-order valence-electron chi connectivity index (χ3n) is 4.83. The van der Waals surface area contributed by atoms with Crippen LogP contribution in [-0.4, -0.2) is 43.7 Å². The maximum absolute atomic E-state index is 12.3. The molecule has 0 spiro atoms. The van der Waals surface area contributed by atoms with Crippen LogP contribution >= 0.6 is 0 Å². The number of carbonyl (C=O) groups excluding carboxylic acids is 1. The molecule has 0 aromatic heterocycles. The Labute approximate surface area is 169 Å². The number of nitrogens with zero attached hydrogens (tertiary/aromatic N) is 1. The summed E-state index contributed by atoms with van der Waals surface area (Å²) in [5, 5.41) is 2.92. The number of alkyl halides is 2. The highest BCUT2D eigenvalue weighted by Gasteiger charge is 2.19. The lowest BCUT2D eigenvalue weighted by atomic mass is 9.99. The number of hydrogen-bond donors (Lipinski definition) is 1. The quantitative estimate of drug-likeness (QED) is 0.696. The molecule has 0 unspecified atom stereocenters. The van der Waals surface area contributed by atoms with Crippen molar-refractivity contribution in [1.29, 1.82) is 0 Å². The molecule has 1 aliphatic heterocycles. The Morgan fingerprint density at radius 2 is 1.90 bits per heavy atom. The normalized spacial score (nSPS) is 13.8. The molecule has 0 saturated heterocycles. The summed E-state index contributed by atoms with van der Waals surface area (Å²) in [5.41, 5.74) is 3.47. The molecule has 1 N–H and O–H groups in total. The second-order valence-electron chi connectivity index (χ2n) is 6.95. The van der Waals surface area contributed by atoms with E-state index in [9.17, 15) is 13.6 Å². The van der Waals surface area contributed by atoms with Crippen molar-refractivity contribution < 1.29 is 23.0 Å². The van der Waals surface area contributed by atoms with Crippen LogP contribution in [0.2, 0.25) is 0 Å². The van der Waals surface area contributed by atoms with Gasteiger partial charge in [-0.2, -0.15) is 8.78 Å². The van der Waals surface area contributed by atoms with Gasteiger partial charge in [-0.1, -0.05) is 18.2 Å². The summed E-state index contributed by atoms with van der Waals surface area (Å²) in [6.45, 7) is 2.18. The number of fused-ring (bicyclic) bond motifs is 1. The molecule has 0 bridgehead atoms. The fraction of sp³-hybridized carbons (Fsp3) is 0.409. The Morgan fingerprint density at radius 1 is 1.14 bits per heavy atom. The molecular weight excluding hydrogens is 378 g/mol. The number of hydrogen-bond acceptors (Lipinski definition) is 4. The highest BCUT2D eigenvalue weighted by atomic mass is 19.3. The van der Waals surface area contributed by atoms with Crippen molar-refractivity contribution >= 4 is 5.91 Å². The minimum Gasteiger partial charge on any atom is -0.494 e. The first-order chi connectivity index (χ1) is 14.0. The Hall–Kier alpha value is -2.67. The van der Waals surface area contributed by atoms with Gasteiger partial charge in [-0.3, -0.25) is 9.69 Å². The molecule has 0 saturated carbocycles. The maximum Gasteiger partial charge on any atom is 0.387 e. The van der Waals surface area contributed by atoms with Gasteiger partial charge in [0.1, 0.15) is 11.5 Å². The second kappa shape index (κ2) is 10.2. The topological polar surface area (TPSA) is 50.8 Å². The van der Waals surface area contributed by atoms with Crippen molar-refractivity contribution in [2.24, 2.45) is 0 Å². The predicted octanol–water partition coefficient (Wildman–Crippen LogP) is 3.40. The van der Waals surface area contributed by atoms with Crippen LogP contribution in [0.3, 0.4) is 0 Å². The van der Waals surface area contributed by atoms with Crippen LogP contribution in [0.4, 0.5) is 8.78 Å². The average molecular weight is 404 g/mol. The Bertz CT molecular complexity index is 812. The van der Waals surface area contributed by atoms with Gasteiger partial charge in [0.25, 0.3) is 0 Å². The molecule has 1 heterocycles. The number of benzene rings is 2. The first-order valence-electron chi connectivity index (χ1n) is 9.81. The summed E-state index contributed by atoms with van der Waals surface area (Å²) >= 11 is 0. The van der Waals surface area contributed by atoms with Gasteiger partial charge in [0.2, 0.25) is 5.91 Å².